The first-order chi connectivity index (χ1) is 13.0. The first-order valence-electron chi connectivity index (χ1n) is 8.32. The molecule has 0 bridgehead atoms. The van der Waals surface area contributed by atoms with Crippen molar-refractivity contribution in [2.75, 3.05) is 6.26 Å². The smallest absolute Gasteiger partial charge is 0.200 e. The van der Waals surface area contributed by atoms with Crippen LogP contribution in [0.25, 0.3) is 11.1 Å². The number of sulfone groups is 1. The molecule has 146 valence electrons. The Labute approximate surface area is 157 Å². The van der Waals surface area contributed by atoms with Crippen molar-refractivity contribution < 1.29 is 30.4 Å². The quantitative estimate of drug-likeness (QED) is 0.402. The van der Waals surface area contributed by atoms with E-state index in [1.165, 1.54) is 30.3 Å². The zero-order valence-corrected chi connectivity index (χ0v) is 15.3. The molecule has 2 aliphatic carbocycles. The third-order valence-corrected chi connectivity index (χ3v) is 6.18. The molecule has 0 unspecified atom stereocenters. The van der Waals surface area contributed by atoms with Gasteiger partial charge in [0, 0.05) is 11.7 Å². The fraction of sp³-hybridized carbons (Fsp3) is 0.200. The van der Waals surface area contributed by atoms with E-state index in [0.29, 0.717) is 24.0 Å². The van der Waals surface area contributed by atoms with Crippen LogP contribution in [-0.2, 0) is 9.84 Å². The summed E-state index contributed by atoms with van der Waals surface area (Å²) in [4.78, 5) is 0.0535. The van der Waals surface area contributed by atoms with Crippen molar-refractivity contribution in [1.29, 1.82) is 0 Å². The molecular weight excluding hydrogens is 399 g/mol. The van der Waals surface area contributed by atoms with Crippen LogP contribution in [0.15, 0.2) is 41.3 Å². The third-order valence-electron chi connectivity index (χ3n) is 5.05. The summed E-state index contributed by atoms with van der Waals surface area (Å²) in [7, 11) is -3.44. The van der Waals surface area contributed by atoms with Gasteiger partial charge >= 0.3 is 0 Å². The Balaban J connectivity index is 1.88. The average molecular weight is 412 g/mol. The van der Waals surface area contributed by atoms with E-state index >= 15 is 0 Å². The molecule has 2 aromatic rings. The van der Waals surface area contributed by atoms with Crippen LogP contribution < -0.4 is 0 Å². The molecular formula is C20H13F5O2S. The standard InChI is InChI=1S/C20H13F5O2S/c1-28(26,27)11-4-2-10(3-5-11)12-8-20(6-7-20)9-13(12)14-15(21)17(23)19(25)18(24)16(14)22/h2-5,8-9H,6-7H2,1H3. The highest BCUT2D eigenvalue weighted by Crippen LogP contribution is 2.58. The van der Waals surface area contributed by atoms with E-state index in [-0.39, 0.29) is 10.5 Å². The lowest BCUT2D eigenvalue weighted by Gasteiger charge is -2.13. The Bertz CT molecular complexity index is 1150. The second-order valence-electron chi connectivity index (χ2n) is 7.09. The van der Waals surface area contributed by atoms with Gasteiger partial charge in [-0.3, -0.25) is 0 Å². The minimum Gasteiger partial charge on any atom is -0.224 e. The number of rotatable bonds is 3. The second-order valence-corrected chi connectivity index (χ2v) is 9.11. The van der Waals surface area contributed by atoms with Crippen LogP contribution in [0.2, 0.25) is 0 Å². The van der Waals surface area contributed by atoms with Gasteiger partial charge < -0.3 is 0 Å². The number of halogens is 5. The van der Waals surface area contributed by atoms with Crippen molar-refractivity contribution in [2.45, 2.75) is 17.7 Å². The molecule has 2 nitrogen and oxygen atoms in total. The van der Waals surface area contributed by atoms with E-state index in [4.69, 9.17) is 0 Å². The highest BCUT2D eigenvalue weighted by atomic mass is 32.2. The Kier molecular flexibility index (Phi) is 4.05. The molecule has 0 saturated heterocycles. The van der Waals surface area contributed by atoms with Crippen molar-refractivity contribution in [3.8, 4) is 0 Å². The van der Waals surface area contributed by atoms with E-state index < -0.39 is 49.9 Å². The normalized spacial score (nSPS) is 17.6. The minimum atomic E-state index is -3.44. The highest BCUT2D eigenvalue weighted by Gasteiger charge is 2.44. The molecule has 2 aliphatic rings. The topological polar surface area (TPSA) is 34.1 Å². The largest absolute Gasteiger partial charge is 0.224 e. The number of hydrogen-bond acceptors (Lipinski definition) is 2. The summed E-state index contributed by atoms with van der Waals surface area (Å²) in [5.41, 5.74) is -0.802. The summed E-state index contributed by atoms with van der Waals surface area (Å²) >= 11 is 0. The summed E-state index contributed by atoms with van der Waals surface area (Å²) < 4.78 is 92.8. The zero-order chi connectivity index (χ0) is 20.4. The van der Waals surface area contributed by atoms with Gasteiger partial charge in [0.2, 0.25) is 5.82 Å². The van der Waals surface area contributed by atoms with Crippen LogP contribution in [0, 0.1) is 34.5 Å². The van der Waals surface area contributed by atoms with Gasteiger partial charge in [-0.2, -0.15) is 0 Å². The Morgan fingerprint density at radius 1 is 0.750 bits per heavy atom. The molecule has 1 spiro atoms. The average Bonchev–Trinajstić information content (AvgIpc) is 3.30. The predicted octanol–water partition coefficient (Wildman–Crippen LogP) is 5.05. The van der Waals surface area contributed by atoms with Crippen molar-refractivity contribution >= 4 is 21.0 Å². The van der Waals surface area contributed by atoms with E-state index in [9.17, 15) is 30.4 Å². The molecule has 2 aromatic carbocycles. The SMILES string of the molecule is CS(=O)(=O)c1ccc(C2=CC3(C=C2c2c(F)c(F)c(F)c(F)c2F)CC3)cc1. The van der Waals surface area contributed by atoms with E-state index in [1.807, 2.05) is 0 Å². The second kappa shape index (κ2) is 6.01. The zero-order valence-electron chi connectivity index (χ0n) is 14.5. The van der Waals surface area contributed by atoms with Gasteiger partial charge in [0.25, 0.3) is 0 Å². The highest BCUT2D eigenvalue weighted by molar-refractivity contribution is 7.90. The van der Waals surface area contributed by atoms with Crippen molar-refractivity contribution in [3.05, 3.63) is 76.6 Å². The predicted molar refractivity (Wildman–Crippen MR) is 93.4 cm³/mol. The van der Waals surface area contributed by atoms with Gasteiger partial charge in [0.15, 0.2) is 33.1 Å². The molecule has 1 saturated carbocycles. The molecule has 0 amide bonds. The van der Waals surface area contributed by atoms with Gasteiger partial charge in [-0.1, -0.05) is 24.3 Å². The van der Waals surface area contributed by atoms with Gasteiger partial charge in [0.05, 0.1) is 10.5 Å². The van der Waals surface area contributed by atoms with E-state index in [2.05, 4.69) is 0 Å². The number of hydrogen-bond donors (Lipinski definition) is 0. The van der Waals surface area contributed by atoms with E-state index in [1.54, 1.807) is 6.08 Å². The lowest BCUT2D eigenvalue weighted by atomic mass is 9.94. The molecule has 1 fully saturated rings. The maximum atomic E-state index is 14.4. The molecule has 0 N–H and O–H groups in total. The minimum absolute atomic E-state index is 0.0535. The van der Waals surface area contributed by atoms with Crippen molar-refractivity contribution in [1.82, 2.24) is 0 Å². The summed E-state index contributed by atoms with van der Waals surface area (Å²) in [5.74, 6) is -9.99. The Morgan fingerprint density at radius 2 is 1.21 bits per heavy atom. The maximum absolute atomic E-state index is 14.4. The monoisotopic (exact) mass is 412 g/mol. The van der Waals surface area contributed by atoms with Gasteiger partial charge in [-0.15, -0.1) is 0 Å². The Morgan fingerprint density at radius 3 is 1.68 bits per heavy atom. The summed E-state index contributed by atoms with van der Waals surface area (Å²) in [6.45, 7) is 0. The molecule has 0 atom stereocenters. The lowest BCUT2D eigenvalue weighted by molar-refractivity contribution is 0.376. The van der Waals surface area contributed by atoms with Crippen LogP contribution in [0.3, 0.4) is 0 Å². The summed E-state index contributed by atoms with van der Waals surface area (Å²) in [5, 5.41) is 0. The van der Waals surface area contributed by atoms with Crippen LogP contribution in [0.5, 0.6) is 0 Å². The van der Waals surface area contributed by atoms with Crippen LogP contribution in [0.1, 0.15) is 24.0 Å². The third kappa shape index (κ3) is 2.87. The van der Waals surface area contributed by atoms with Crippen LogP contribution in [0.4, 0.5) is 22.0 Å². The molecule has 0 aliphatic heterocycles. The molecule has 0 radical (unpaired) electrons. The first-order valence-corrected chi connectivity index (χ1v) is 10.2. The lowest BCUT2D eigenvalue weighted by Crippen LogP contribution is -2.07. The Hall–Kier alpha value is -2.48. The molecule has 28 heavy (non-hydrogen) atoms. The number of benzene rings is 2. The maximum Gasteiger partial charge on any atom is 0.200 e. The van der Waals surface area contributed by atoms with Crippen molar-refractivity contribution in [2.24, 2.45) is 5.41 Å². The molecule has 8 heteroatoms. The van der Waals surface area contributed by atoms with Gasteiger partial charge in [-0.05, 0) is 41.7 Å². The van der Waals surface area contributed by atoms with Crippen LogP contribution in [-0.4, -0.2) is 14.7 Å². The van der Waals surface area contributed by atoms with Crippen molar-refractivity contribution in [3.63, 3.8) is 0 Å². The fourth-order valence-electron chi connectivity index (χ4n) is 3.37. The van der Waals surface area contributed by atoms with Gasteiger partial charge in [-0.25, -0.2) is 30.4 Å². The fourth-order valence-corrected chi connectivity index (χ4v) is 4.00. The van der Waals surface area contributed by atoms with Crippen LogP contribution >= 0.6 is 0 Å². The summed E-state index contributed by atoms with van der Waals surface area (Å²) in [6, 6.07) is 5.56. The van der Waals surface area contributed by atoms with Gasteiger partial charge in [0.1, 0.15) is 0 Å². The van der Waals surface area contributed by atoms with E-state index in [0.717, 1.165) is 6.26 Å². The molecule has 0 heterocycles. The number of allylic oxidation sites excluding steroid dienone is 4. The first kappa shape index (κ1) is 18.9. The molecule has 0 aromatic heterocycles. The summed E-state index contributed by atoms with van der Waals surface area (Å²) in [6.07, 6.45) is 5.67. The molecule has 4 rings (SSSR count).